The van der Waals surface area contributed by atoms with Crippen LogP contribution in [0.3, 0.4) is 0 Å². The Labute approximate surface area is 100 Å². The predicted molar refractivity (Wildman–Crippen MR) is 63.8 cm³/mol. The molecule has 2 rings (SSSR count). The molecule has 17 heavy (non-hydrogen) atoms. The SMILES string of the molecule is Cc1nccnc1NC1CCCC(C(=O)O)C1. The second kappa shape index (κ2) is 5.12. The van der Waals surface area contributed by atoms with Crippen molar-refractivity contribution in [1.82, 2.24) is 9.97 Å². The Bertz CT molecular complexity index is 408. The van der Waals surface area contributed by atoms with Crippen LogP contribution in [0.5, 0.6) is 0 Å². The van der Waals surface area contributed by atoms with Gasteiger partial charge in [0.05, 0.1) is 11.6 Å². The van der Waals surface area contributed by atoms with E-state index in [0.717, 1.165) is 30.8 Å². The number of rotatable bonds is 3. The quantitative estimate of drug-likeness (QED) is 0.836. The number of hydrogen-bond acceptors (Lipinski definition) is 4. The number of carbonyl (C=O) groups is 1. The molecule has 5 nitrogen and oxygen atoms in total. The minimum absolute atomic E-state index is 0.195. The minimum atomic E-state index is -0.688. The van der Waals surface area contributed by atoms with Crippen molar-refractivity contribution in [1.29, 1.82) is 0 Å². The molecule has 0 aromatic carbocycles. The second-order valence-electron chi connectivity index (χ2n) is 4.53. The molecule has 1 aliphatic carbocycles. The number of anilines is 1. The van der Waals surface area contributed by atoms with Crippen LogP contribution in [0.1, 0.15) is 31.4 Å². The fraction of sp³-hybridized carbons (Fsp3) is 0.583. The largest absolute Gasteiger partial charge is 0.481 e. The molecule has 1 fully saturated rings. The Morgan fingerprint density at radius 3 is 2.88 bits per heavy atom. The topological polar surface area (TPSA) is 75.1 Å². The van der Waals surface area contributed by atoms with Crippen molar-refractivity contribution in [2.75, 3.05) is 5.32 Å². The lowest BCUT2D eigenvalue weighted by molar-refractivity contribution is -0.142. The van der Waals surface area contributed by atoms with Crippen molar-refractivity contribution in [3.05, 3.63) is 18.1 Å². The van der Waals surface area contributed by atoms with E-state index < -0.39 is 5.97 Å². The molecule has 0 aliphatic heterocycles. The highest BCUT2D eigenvalue weighted by molar-refractivity contribution is 5.70. The number of hydrogen-bond donors (Lipinski definition) is 2. The third-order valence-corrected chi connectivity index (χ3v) is 3.25. The molecule has 1 saturated carbocycles. The zero-order valence-corrected chi connectivity index (χ0v) is 9.89. The van der Waals surface area contributed by atoms with Crippen molar-refractivity contribution in [3.63, 3.8) is 0 Å². The smallest absolute Gasteiger partial charge is 0.306 e. The van der Waals surface area contributed by atoms with E-state index in [1.54, 1.807) is 12.4 Å². The molecule has 5 heteroatoms. The van der Waals surface area contributed by atoms with Crippen molar-refractivity contribution in [2.45, 2.75) is 38.6 Å². The van der Waals surface area contributed by atoms with Crippen LogP contribution in [-0.4, -0.2) is 27.1 Å². The standard InChI is InChI=1S/C12H17N3O2/c1-8-11(14-6-5-13-8)15-10-4-2-3-9(7-10)12(16)17/h5-6,9-10H,2-4,7H2,1H3,(H,14,15)(H,16,17). The summed E-state index contributed by atoms with van der Waals surface area (Å²) in [7, 11) is 0. The van der Waals surface area contributed by atoms with Crippen molar-refractivity contribution in [2.24, 2.45) is 5.92 Å². The summed E-state index contributed by atoms with van der Waals surface area (Å²) in [6.07, 6.45) is 6.71. The Morgan fingerprint density at radius 1 is 1.41 bits per heavy atom. The molecule has 1 aliphatic rings. The van der Waals surface area contributed by atoms with Crippen molar-refractivity contribution in [3.8, 4) is 0 Å². The monoisotopic (exact) mass is 235 g/mol. The number of aromatic nitrogens is 2. The van der Waals surface area contributed by atoms with E-state index in [1.165, 1.54) is 0 Å². The summed E-state index contributed by atoms with van der Waals surface area (Å²) in [6.45, 7) is 1.90. The highest BCUT2D eigenvalue weighted by atomic mass is 16.4. The fourth-order valence-electron chi connectivity index (χ4n) is 2.29. The molecule has 1 aromatic rings. The van der Waals surface area contributed by atoms with E-state index in [-0.39, 0.29) is 12.0 Å². The molecule has 1 aromatic heterocycles. The summed E-state index contributed by atoms with van der Waals surface area (Å²) in [5.41, 5.74) is 0.852. The Morgan fingerprint density at radius 2 is 2.18 bits per heavy atom. The first-order valence-corrected chi connectivity index (χ1v) is 5.94. The molecule has 2 atom stereocenters. The molecule has 0 bridgehead atoms. The molecule has 2 unspecified atom stereocenters. The maximum Gasteiger partial charge on any atom is 0.306 e. The van der Waals surface area contributed by atoms with Gasteiger partial charge < -0.3 is 10.4 Å². The van der Waals surface area contributed by atoms with Gasteiger partial charge in [-0.1, -0.05) is 6.42 Å². The van der Waals surface area contributed by atoms with E-state index in [9.17, 15) is 4.79 Å². The lowest BCUT2D eigenvalue weighted by Gasteiger charge is -2.27. The fourth-order valence-corrected chi connectivity index (χ4v) is 2.29. The molecule has 0 spiro atoms. The van der Waals surface area contributed by atoms with Crippen LogP contribution in [0.25, 0.3) is 0 Å². The zero-order chi connectivity index (χ0) is 12.3. The van der Waals surface area contributed by atoms with E-state index in [4.69, 9.17) is 5.11 Å². The van der Waals surface area contributed by atoms with Crippen LogP contribution >= 0.6 is 0 Å². The van der Waals surface area contributed by atoms with Crippen molar-refractivity contribution < 1.29 is 9.90 Å². The summed E-state index contributed by atoms with van der Waals surface area (Å²) in [5, 5.41) is 12.3. The second-order valence-corrected chi connectivity index (χ2v) is 4.53. The summed E-state index contributed by atoms with van der Waals surface area (Å²) in [6, 6.07) is 0.195. The number of aryl methyl sites for hydroxylation is 1. The Kier molecular flexibility index (Phi) is 3.56. The van der Waals surface area contributed by atoms with Crippen LogP contribution in [0.2, 0.25) is 0 Å². The van der Waals surface area contributed by atoms with Gasteiger partial charge in [-0.15, -0.1) is 0 Å². The molecule has 2 N–H and O–H groups in total. The summed E-state index contributed by atoms with van der Waals surface area (Å²) < 4.78 is 0. The average molecular weight is 235 g/mol. The normalized spacial score (nSPS) is 24.3. The summed E-state index contributed by atoms with van der Waals surface area (Å²) in [5.74, 6) is -0.144. The van der Waals surface area contributed by atoms with Gasteiger partial charge >= 0.3 is 5.97 Å². The average Bonchev–Trinajstić information content (AvgIpc) is 2.32. The third kappa shape index (κ3) is 2.93. The highest BCUT2D eigenvalue weighted by Crippen LogP contribution is 2.26. The van der Waals surface area contributed by atoms with Crippen LogP contribution in [-0.2, 0) is 4.79 Å². The van der Waals surface area contributed by atoms with Gasteiger partial charge in [0, 0.05) is 18.4 Å². The van der Waals surface area contributed by atoms with Gasteiger partial charge in [0.25, 0.3) is 0 Å². The number of carboxylic acid groups (broad SMARTS) is 1. The van der Waals surface area contributed by atoms with Gasteiger partial charge in [0.1, 0.15) is 5.82 Å². The number of carboxylic acids is 1. The van der Waals surface area contributed by atoms with Crippen LogP contribution < -0.4 is 5.32 Å². The Hall–Kier alpha value is -1.65. The van der Waals surface area contributed by atoms with Gasteiger partial charge in [-0.05, 0) is 26.2 Å². The van der Waals surface area contributed by atoms with E-state index in [0.29, 0.717) is 6.42 Å². The van der Waals surface area contributed by atoms with Gasteiger partial charge in [-0.25, -0.2) is 4.98 Å². The molecule has 1 heterocycles. The Balaban J connectivity index is 1.99. The molecule has 0 saturated heterocycles. The molecular weight excluding hydrogens is 218 g/mol. The van der Waals surface area contributed by atoms with Gasteiger partial charge in [-0.3, -0.25) is 9.78 Å². The summed E-state index contributed by atoms with van der Waals surface area (Å²) in [4.78, 5) is 19.3. The van der Waals surface area contributed by atoms with Gasteiger partial charge in [0.15, 0.2) is 0 Å². The zero-order valence-electron chi connectivity index (χ0n) is 9.89. The van der Waals surface area contributed by atoms with E-state index in [1.807, 2.05) is 6.92 Å². The molecule has 0 radical (unpaired) electrons. The van der Waals surface area contributed by atoms with Gasteiger partial charge in [-0.2, -0.15) is 0 Å². The number of nitrogens with one attached hydrogen (secondary N) is 1. The first-order chi connectivity index (χ1) is 8.16. The highest BCUT2D eigenvalue weighted by Gasteiger charge is 2.27. The lowest BCUT2D eigenvalue weighted by Crippen LogP contribution is -2.31. The van der Waals surface area contributed by atoms with Crippen LogP contribution in [0.4, 0.5) is 5.82 Å². The van der Waals surface area contributed by atoms with Crippen LogP contribution in [0, 0.1) is 12.8 Å². The van der Waals surface area contributed by atoms with Crippen molar-refractivity contribution >= 4 is 11.8 Å². The number of aliphatic carboxylic acids is 1. The molecule has 92 valence electrons. The molecule has 0 amide bonds. The molecular formula is C12H17N3O2. The van der Waals surface area contributed by atoms with Gasteiger partial charge in [0.2, 0.25) is 0 Å². The lowest BCUT2D eigenvalue weighted by atomic mass is 9.86. The van der Waals surface area contributed by atoms with E-state index in [2.05, 4.69) is 15.3 Å². The third-order valence-electron chi connectivity index (χ3n) is 3.25. The summed E-state index contributed by atoms with van der Waals surface area (Å²) >= 11 is 0. The van der Waals surface area contributed by atoms with Crippen LogP contribution in [0.15, 0.2) is 12.4 Å². The number of nitrogens with zero attached hydrogens (tertiary/aromatic N) is 2. The first kappa shape index (κ1) is 11.8. The maximum absolute atomic E-state index is 11.0. The first-order valence-electron chi connectivity index (χ1n) is 5.94. The maximum atomic E-state index is 11.0. The minimum Gasteiger partial charge on any atom is -0.481 e. The van der Waals surface area contributed by atoms with E-state index >= 15 is 0 Å². The predicted octanol–water partition coefficient (Wildman–Crippen LogP) is 1.84.